The van der Waals surface area contributed by atoms with E-state index >= 15 is 0 Å². The molecule has 3 rings (SSSR count). The Kier molecular flexibility index (Phi) is 5.46. The average molecular weight is 387 g/mol. The number of carbonyl (C=O) groups excluding carboxylic acids is 1. The third-order valence-corrected chi connectivity index (χ3v) is 4.40. The normalized spacial score (nSPS) is 14.5. The van der Waals surface area contributed by atoms with E-state index in [-0.39, 0.29) is 15.9 Å². The Morgan fingerprint density at radius 3 is 2.54 bits per heavy atom. The van der Waals surface area contributed by atoms with Gasteiger partial charge in [0.15, 0.2) is 0 Å². The molecule has 8 heteroatoms. The summed E-state index contributed by atoms with van der Waals surface area (Å²) in [5.41, 5.74) is 1.54. The minimum atomic E-state index is -0.447. The molecule has 0 aliphatic carbocycles. The Hall–Kier alpha value is -1.53. The van der Waals surface area contributed by atoms with Gasteiger partial charge in [0.05, 0.1) is 28.9 Å². The molecule has 2 aromatic rings. The monoisotopic (exact) mass is 385 g/mol. The molecule has 0 radical (unpaired) electrons. The Morgan fingerprint density at radius 2 is 1.83 bits per heavy atom. The van der Waals surface area contributed by atoms with E-state index in [2.05, 4.69) is 15.2 Å². The standard InChI is InChI=1S/C16H14Cl3N3O2/c17-11-2-4-14(19)21-15(11)16(23)20-10-1-3-13(12(18)9-10)22-5-7-24-8-6-22/h1-4,9H,5-8H2,(H,20,23). The first-order valence-corrected chi connectivity index (χ1v) is 8.43. The number of anilines is 2. The lowest BCUT2D eigenvalue weighted by atomic mass is 10.2. The molecule has 1 aromatic carbocycles. The summed E-state index contributed by atoms with van der Waals surface area (Å²) < 4.78 is 5.34. The van der Waals surface area contributed by atoms with Crippen molar-refractivity contribution >= 4 is 52.1 Å². The number of hydrogen-bond acceptors (Lipinski definition) is 4. The topological polar surface area (TPSA) is 54.5 Å². The van der Waals surface area contributed by atoms with Gasteiger partial charge in [0.25, 0.3) is 5.91 Å². The quantitative estimate of drug-likeness (QED) is 0.806. The van der Waals surface area contributed by atoms with Crippen LogP contribution in [0.25, 0.3) is 0 Å². The smallest absolute Gasteiger partial charge is 0.275 e. The highest BCUT2D eigenvalue weighted by Crippen LogP contribution is 2.30. The Morgan fingerprint density at radius 1 is 1.08 bits per heavy atom. The molecule has 0 spiro atoms. The summed E-state index contributed by atoms with van der Waals surface area (Å²) in [5, 5.41) is 3.71. The van der Waals surface area contributed by atoms with Gasteiger partial charge in [0.1, 0.15) is 10.8 Å². The van der Waals surface area contributed by atoms with E-state index < -0.39 is 5.91 Å². The maximum absolute atomic E-state index is 12.3. The van der Waals surface area contributed by atoms with Crippen molar-refractivity contribution in [2.45, 2.75) is 0 Å². The van der Waals surface area contributed by atoms with Crippen molar-refractivity contribution in [2.24, 2.45) is 0 Å². The Labute approximate surface area is 154 Å². The van der Waals surface area contributed by atoms with Gasteiger partial charge in [-0.15, -0.1) is 0 Å². The molecule has 2 heterocycles. The van der Waals surface area contributed by atoms with Crippen LogP contribution in [0, 0.1) is 0 Å². The van der Waals surface area contributed by atoms with Crippen molar-refractivity contribution in [2.75, 3.05) is 36.5 Å². The summed E-state index contributed by atoms with van der Waals surface area (Å²) in [4.78, 5) is 18.4. The van der Waals surface area contributed by atoms with Gasteiger partial charge < -0.3 is 15.0 Å². The van der Waals surface area contributed by atoms with Crippen LogP contribution in [0.1, 0.15) is 10.5 Å². The lowest BCUT2D eigenvalue weighted by Gasteiger charge is -2.29. The molecule has 0 bridgehead atoms. The number of aromatic nitrogens is 1. The van der Waals surface area contributed by atoms with Gasteiger partial charge in [-0.25, -0.2) is 4.98 Å². The highest BCUT2D eigenvalue weighted by atomic mass is 35.5. The molecule has 1 aliphatic rings. The number of benzene rings is 1. The predicted octanol–water partition coefficient (Wildman–Crippen LogP) is 4.13. The zero-order valence-electron chi connectivity index (χ0n) is 12.6. The Balaban J connectivity index is 1.77. The molecule has 24 heavy (non-hydrogen) atoms. The number of morpholine rings is 1. The summed E-state index contributed by atoms with van der Waals surface area (Å²) in [5.74, 6) is -0.447. The van der Waals surface area contributed by atoms with E-state index in [1.807, 2.05) is 6.07 Å². The van der Waals surface area contributed by atoms with Crippen LogP contribution in [-0.2, 0) is 4.74 Å². The molecule has 1 amide bonds. The number of hydrogen-bond donors (Lipinski definition) is 1. The van der Waals surface area contributed by atoms with Crippen molar-refractivity contribution in [1.82, 2.24) is 4.98 Å². The van der Waals surface area contributed by atoms with Crippen LogP contribution in [0.15, 0.2) is 30.3 Å². The molecule has 1 fully saturated rings. The van der Waals surface area contributed by atoms with E-state index in [4.69, 9.17) is 39.5 Å². The highest BCUT2D eigenvalue weighted by molar-refractivity contribution is 6.35. The molecule has 5 nitrogen and oxygen atoms in total. The number of ether oxygens (including phenoxy) is 1. The van der Waals surface area contributed by atoms with Crippen molar-refractivity contribution < 1.29 is 9.53 Å². The number of pyridine rings is 1. The third-order valence-electron chi connectivity index (χ3n) is 3.58. The minimum Gasteiger partial charge on any atom is -0.378 e. The van der Waals surface area contributed by atoms with Gasteiger partial charge in [0, 0.05) is 18.8 Å². The first-order valence-electron chi connectivity index (χ1n) is 7.30. The molecule has 1 N–H and O–H groups in total. The van der Waals surface area contributed by atoms with Gasteiger partial charge in [0.2, 0.25) is 0 Å². The lowest BCUT2D eigenvalue weighted by Crippen LogP contribution is -2.36. The third kappa shape index (κ3) is 3.92. The fourth-order valence-corrected chi connectivity index (χ4v) is 3.05. The van der Waals surface area contributed by atoms with Gasteiger partial charge in [-0.05, 0) is 30.3 Å². The first kappa shape index (κ1) is 17.3. The lowest BCUT2D eigenvalue weighted by molar-refractivity contribution is 0.102. The van der Waals surface area contributed by atoms with E-state index in [0.717, 1.165) is 18.8 Å². The Bertz CT molecular complexity index is 764. The fraction of sp³-hybridized carbons (Fsp3) is 0.250. The van der Waals surface area contributed by atoms with Crippen molar-refractivity contribution in [3.63, 3.8) is 0 Å². The van der Waals surface area contributed by atoms with Gasteiger partial charge in [-0.2, -0.15) is 0 Å². The number of halogens is 3. The summed E-state index contributed by atoms with van der Waals surface area (Å²) in [6.45, 7) is 2.92. The molecular formula is C16H14Cl3N3O2. The number of nitrogens with one attached hydrogen (secondary N) is 1. The van der Waals surface area contributed by atoms with Crippen LogP contribution in [-0.4, -0.2) is 37.2 Å². The molecule has 1 aliphatic heterocycles. The van der Waals surface area contributed by atoms with Crippen LogP contribution >= 0.6 is 34.8 Å². The number of rotatable bonds is 3. The predicted molar refractivity (Wildman–Crippen MR) is 96.7 cm³/mol. The highest BCUT2D eigenvalue weighted by Gasteiger charge is 2.16. The maximum atomic E-state index is 12.3. The molecule has 126 valence electrons. The summed E-state index contributed by atoms with van der Waals surface area (Å²) >= 11 is 18.2. The number of amides is 1. The van der Waals surface area contributed by atoms with Crippen LogP contribution in [0.3, 0.4) is 0 Å². The molecule has 1 saturated heterocycles. The van der Waals surface area contributed by atoms with E-state index in [1.54, 1.807) is 12.1 Å². The molecule has 0 atom stereocenters. The van der Waals surface area contributed by atoms with E-state index in [1.165, 1.54) is 12.1 Å². The molecule has 0 unspecified atom stereocenters. The summed E-state index contributed by atoms with van der Waals surface area (Å²) in [6.07, 6.45) is 0. The number of carbonyl (C=O) groups is 1. The minimum absolute atomic E-state index is 0.0672. The fourth-order valence-electron chi connectivity index (χ4n) is 2.41. The second-order valence-corrected chi connectivity index (χ2v) is 6.39. The molecule has 0 saturated carbocycles. The van der Waals surface area contributed by atoms with Crippen molar-refractivity contribution in [3.8, 4) is 0 Å². The van der Waals surface area contributed by atoms with Crippen LogP contribution in [0.4, 0.5) is 11.4 Å². The van der Waals surface area contributed by atoms with Crippen LogP contribution in [0.2, 0.25) is 15.2 Å². The summed E-state index contributed by atoms with van der Waals surface area (Å²) in [6, 6.07) is 8.40. The maximum Gasteiger partial charge on any atom is 0.275 e. The SMILES string of the molecule is O=C(Nc1ccc(N2CCOCC2)c(Cl)c1)c1nc(Cl)ccc1Cl. The zero-order valence-corrected chi connectivity index (χ0v) is 14.8. The molecule has 1 aromatic heterocycles. The van der Waals surface area contributed by atoms with Crippen LogP contribution in [0.5, 0.6) is 0 Å². The van der Waals surface area contributed by atoms with Gasteiger partial charge in [-0.3, -0.25) is 4.79 Å². The average Bonchev–Trinajstić information content (AvgIpc) is 2.58. The van der Waals surface area contributed by atoms with E-state index in [9.17, 15) is 4.79 Å². The van der Waals surface area contributed by atoms with Gasteiger partial charge in [-0.1, -0.05) is 34.8 Å². The first-order chi connectivity index (χ1) is 11.5. The zero-order chi connectivity index (χ0) is 17.1. The summed E-state index contributed by atoms with van der Waals surface area (Å²) in [7, 11) is 0. The van der Waals surface area contributed by atoms with Crippen molar-refractivity contribution in [1.29, 1.82) is 0 Å². The van der Waals surface area contributed by atoms with Crippen molar-refractivity contribution in [3.05, 3.63) is 51.2 Å². The van der Waals surface area contributed by atoms with Gasteiger partial charge >= 0.3 is 0 Å². The second-order valence-electron chi connectivity index (χ2n) is 5.18. The van der Waals surface area contributed by atoms with Crippen LogP contribution < -0.4 is 10.2 Å². The number of nitrogens with zero attached hydrogens (tertiary/aromatic N) is 2. The largest absolute Gasteiger partial charge is 0.378 e. The molecular weight excluding hydrogens is 373 g/mol. The second kappa shape index (κ2) is 7.57. The van der Waals surface area contributed by atoms with E-state index in [0.29, 0.717) is 23.9 Å².